The molecule has 226 valence electrons. The van der Waals surface area contributed by atoms with Crippen LogP contribution in [0.3, 0.4) is 0 Å². The number of benzene rings is 1. The highest BCUT2D eigenvalue weighted by Gasteiger charge is 2.38. The molecule has 0 aliphatic heterocycles. The van der Waals surface area contributed by atoms with Gasteiger partial charge >= 0.3 is 12.1 Å². The summed E-state index contributed by atoms with van der Waals surface area (Å²) in [7, 11) is 1.42. The van der Waals surface area contributed by atoms with Gasteiger partial charge in [0.2, 0.25) is 11.8 Å². The molecule has 1 aromatic carbocycles. The van der Waals surface area contributed by atoms with Gasteiger partial charge in [0.1, 0.15) is 11.1 Å². The first kappa shape index (κ1) is 30.9. The SMILES string of the molecule is COC[C@H](C)N(c1ccc(Oc2ncc(Cn3nccn3)cc2C(F)(F)F)c(F)c1C(=O)O)C(=O)[C@H]1CC[C@H](C)CC1. The molecule has 0 saturated heterocycles. The van der Waals surface area contributed by atoms with Crippen LogP contribution in [0.1, 0.15) is 61.0 Å². The summed E-state index contributed by atoms with van der Waals surface area (Å²) < 4.78 is 68.0. The molecule has 0 spiro atoms. The van der Waals surface area contributed by atoms with Crippen molar-refractivity contribution in [1.29, 1.82) is 0 Å². The molecule has 1 fully saturated rings. The number of alkyl halides is 3. The predicted molar refractivity (Wildman–Crippen MR) is 142 cm³/mol. The molecule has 1 aliphatic carbocycles. The Hall–Kier alpha value is -4.07. The number of amides is 1. The predicted octanol–water partition coefficient (Wildman–Crippen LogP) is 5.56. The zero-order valence-electron chi connectivity index (χ0n) is 23.3. The van der Waals surface area contributed by atoms with Crippen molar-refractivity contribution in [2.75, 3.05) is 18.6 Å². The summed E-state index contributed by atoms with van der Waals surface area (Å²) in [5, 5.41) is 17.7. The first-order valence-corrected chi connectivity index (χ1v) is 13.4. The fourth-order valence-electron chi connectivity index (χ4n) is 5.08. The third-order valence-electron chi connectivity index (χ3n) is 7.22. The van der Waals surface area contributed by atoms with Crippen LogP contribution >= 0.6 is 0 Å². The number of pyridine rings is 1. The van der Waals surface area contributed by atoms with Crippen LogP contribution in [0.5, 0.6) is 11.6 Å². The molecule has 10 nitrogen and oxygen atoms in total. The zero-order valence-corrected chi connectivity index (χ0v) is 23.3. The van der Waals surface area contributed by atoms with Crippen molar-refractivity contribution in [2.24, 2.45) is 11.8 Å². The largest absolute Gasteiger partial charge is 0.478 e. The van der Waals surface area contributed by atoms with Crippen molar-refractivity contribution < 1.29 is 41.7 Å². The minimum atomic E-state index is -4.93. The summed E-state index contributed by atoms with van der Waals surface area (Å²) in [6.07, 6.45) is 1.73. The lowest BCUT2D eigenvalue weighted by Gasteiger charge is -2.35. The maximum Gasteiger partial charge on any atom is 0.421 e. The highest BCUT2D eigenvalue weighted by molar-refractivity contribution is 6.03. The molecule has 0 unspecified atom stereocenters. The summed E-state index contributed by atoms with van der Waals surface area (Å²) in [5.74, 6) is -5.25. The minimum Gasteiger partial charge on any atom is -0.478 e. The molecule has 2 heterocycles. The summed E-state index contributed by atoms with van der Waals surface area (Å²) in [6, 6.07) is 2.25. The molecule has 1 saturated carbocycles. The number of methoxy groups -OCH3 is 1. The lowest BCUT2D eigenvalue weighted by Crippen LogP contribution is -2.46. The van der Waals surface area contributed by atoms with Crippen LogP contribution in [0.4, 0.5) is 23.2 Å². The van der Waals surface area contributed by atoms with E-state index in [1.54, 1.807) is 6.92 Å². The second-order valence-electron chi connectivity index (χ2n) is 10.4. The van der Waals surface area contributed by atoms with Crippen molar-refractivity contribution in [3.8, 4) is 11.6 Å². The van der Waals surface area contributed by atoms with Gasteiger partial charge in [-0.1, -0.05) is 6.92 Å². The molecule has 1 N–H and O–H groups in total. The Bertz CT molecular complexity index is 1410. The van der Waals surface area contributed by atoms with Crippen molar-refractivity contribution in [2.45, 2.75) is 58.3 Å². The number of halogens is 4. The van der Waals surface area contributed by atoms with Gasteiger partial charge in [-0.25, -0.2) is 14.2 Å². The van der Waals surface area contributed by atoms with E-state index in [-0.39, 0.29) is 30.3 Å². The maximum absolute atomic E-state index is 15.8. The van der Waals surface area contributed by atoms with Gasteiger partial charge in [0, 0.05) is 19.2 Å². The summed E-state index contributed by atoms with van der Waals surface area (Å²) in [6.45, 7) is 3.65. The van der Waals surface area contributed by atoms with Crippen LogP contribution in [0.2, 0.25) is 0 Å². The number of nitrogens with zero attached hydrogens (tertiary/aromatic N) is 5. The van der Waals surface area contributed by atoms with E-state index in [2.05, 4.69) is 22.1 Å². The van der Waals surface area contributed by atoms with Gasteiger partial charge in [0.25, 0.3) is 0 Å². The number of carboxylic acid groups (broad SMARTS) is 1. The average Bonchev–Trinajstić information content (AvgIpc) is 3.44. The standard InChI is InChI=1S/C28H31F4N5O5/c1-16-4-6-19(7-5-16)26(38)37(17(2)15-41-3)21-8-9-22(24(29)23(21)27(39)40)42-25-20(28(30,31)32)12-18(13-33-25)14-36-34-10-11-35-36/h8-13,16-17,19H,4-7,14-15H2,1-3H3,(H,39,40)/t16-,17-,19-/m0/s1. The number of ether oxygens (including phenoxy) is 2. The Morgan fingerprint density at radius 2 is 1.83 bits per heavy atom. The van der Waals surface area contributed by atoms with Gasteiger partial charge in [0.05, 0.1) is 37.3 Å². The van der Waals surface area contributed by atoms with E-state index in [9.17, 15) is 27.9 Å². The second-order valence-corrected chi connectivity index (χ2v) is 10.4. The number of carbonyl (C=O) groups excluding carboxylic acids is 1. The van der Waals surface area contributed by atoms with Crippen LogP contribution < -0.4 is 9.64 Å². The summed E-state index contributed by atoms with van der Waals surface area (Å²) >= 11 is 0. The van der Waals surface area contributed by atoms with Crippen LogP contribution in [0.25, 0.3) is 0 Å². The normalized spacial score (nSPS) is 18.0. The first-order chi connectivity index (χ1) is 19.9. The fraction of sp³-hybridized carbons (Fsp3) is 0.464. The van der Waals surface area contributed by atoms with Crippen LogP contribution in [-0.2, 0) is 22.3 Å². The molecule has 1 aliphatic rings. The topological polar surface area (TPSA) is 120 Å². The molecule has 14 heteroatoms. The third-order valence-corrected chi connectivity index (χ3v) is 7.22. The molecule has 1 amide bonds. The van der Waals surface area contributed by atoms with Gasteiger partial charge in [-0.3, -0.25) is 4.79 Å². The van der Waals surface area contributed by atoms with E-state index in [0.29, 0.717) is 18.8 Å². The summed E-state index contributed by atoms with van der Waals surface area (Å²) in [5.41, 5.74) is -2.36. The van der Waals surface area contributed by atoms with Crippen LogP contribution in [0, 0.1) is 17.7 Å². The van der Waals surface area contributed by atoms with E-state index in [4.69, 9.17) is 9.47 Å². The van der Waals surface area contributed by atoms with Gasteiger partial charge < -0.3 is 19.5 Å². The maximum atomic E-state index is 15.8. The molecular weight excluding hydrogens is 562 g/mol. The Kier molecular flexibility index (Phi) is 9.44. The summed E-state index contributed by atoms with van der Waals surface area (Å²) in [4.78, 5) is 32.1. The highest BCUT2D eigenvalue weighted by Crippen LogP contribution is 2.40. The number of hydrogen-bond acceptors (Lipinski definition) is 7. The monoisotopic (exact) mass is 593 g/mol. The molecular formula is C28H31F4N5O5. The zero-order chi connectivity index (χ0) is 30.6. The molecule has 2 aromatic heterocycles. The lowest BCUT2D eigenvalue weighted by molar-refractivity contribution is -0.139. The number of aromatic nitrogens is 4. The highest BCUT2D eigenvalue weighted by atomic mass is 19.4. The molecule has 4 rings (SSSR count). The number of hydrogen-bond donors (Lipinski definition) is 1. The molecule has 42 heavy (non-hydrogen) atoms. The molecule has 0 bridgehead atoms. The van der Waals surface area contributed by atoms with Gasteiger partial charge in [-0.2, -0.15) is 28.2 Å². The van der Waals surface area contributed by atoms with Crippen LogP contribution in [0.15, 0.2) is 36.8 Å². The van der Waals surface area contributed by atoms with Crippen molar-refractivity contribution >= 4 is 17.6 Å². The van der Waals surface area contributed by atoms with Crippen LogP contribution in [-0.4, -0.2) is 56.7 Å². The minimum absolute atomic E-state index is 0.0348. The lowest BCUT2D eigenvalue weighted by atomic mass is 9.82. The average molecular weight is 594 g/mol. The smallest absolute Gasteiger partial charge is 0.421 e. The second kappa shape index (κ2) is 12.8. The Labute approximate surface area is 239 Å². The van der Waals surface area contributed by atoms with E-state index < -0.39 is 52.7 Å². The Morgan fingerprint density at radius 3 is 2.43 bits per heavy atom. The van der Waals surface area contributed by atoms with Gasteiger partial charge in [-0.15, -0.1) is 0 Å². The number of carboxylic acids is 1. The van der Waals surface area contributed by atoms with Crippen molar-refractivity contribution in [3.63, 3.8) is 0 Å². The number of anilines is 1. The number of aromatic carboxylic acids is 1. The molecule has 3 aromatic rings. The Morgan fingerprint density at radius 1 is 1.17 bits per heavy atom. The van der Waals surface area contributed by atoms with Gasteiger partial charge in [-0.05, 0) is 62.3 Å². The number of rotatable bonds is 10. The molecule has 0 radical (unpaired) electrons. The fourth-order valence-corrected chi connectivity index (χ4v) is 5.08. The van der Waals surface area contributed by atoms with E-state index in [1.807, 2.05) is 0 Å². The first-order valence-electron chi connectivity index (χ1n) is 13.4. The van der Waals surface area contributed by atoms with Crippen molar-refractivity contribution in [1.82, 2.24) is 20.0 Å². The number of carbonyl (C=O) groups is 2. The van der Waals surface area contributed by atoms with E-state index in [0.717, 1.165) is 42.0 Å². The quantitative estimate of drug-likeness (QED) is 0.303. The Balaban J connectivity index is 1.72. The van der Waals surface area contributed by atoms with E-state index >= 15 is 4.39 Å². The third kappa shape index (κ3) is 6.86. The van der Waals surface area contributed by atoms with Gasteiger partial charge in [0.15, 0.2) is 11.6 Å². The molecule has 1 atom stereocenters. The van der Waals surface area contributed by atoms with E-state index in [1.165, 1.54) is 24.4 Å². The van der Waals surface area contributed by atoms with Crippen molar-refractivity contribution in [3.05, 3.63) is 59.3 Å².